The Kier molecular flexibility index (Phi) is 5.87. The van der Waals surface area contributed by atoms with Gasteiger partial charge < -0.3 is 20.0 Å². The summed E-state index contributed by atoms with van der Waals surface area (Å²) in [6, 6.07) is 14.1. The van der Waals surface area contributed by atoms with Crippen molar-refractivity contribution in [2.45, 2.75) is 19.4 Å². The second-order valence-corrected chi connectivity index (χ2v) is 7.48. The minimum Gasteiger partial charge on any atom is -0.378 e. The van der Waals surface area contributed by atoms with Crippen LogP contribution in [0.1, 0.15) is 23.7 Å². The van der Waals surface area contributed by atoms with Gasteiger partial charge in [0.25, 0.3) is 5.91 Å². The lowest BCUT2D eigenvalue weighted by molar-refractivity contribution is -0.119. The molecule has 0 fully saturated rings. The van der Waals surface area contributed by atoms with Gasteiger partial charge in [0.2, 0.25) is 11.8 Å². The number of likely N-dealkylation sites (N-methyl/N-ethyl adjacent to an activating group) is 1. The molecule has 1 aliphatic heterocycles. The van der Waals surface area contributed by atoms with Crippen molar-refractivity contribution in [3.8, 4) is 0 Å². The normalized spacial score (nSPS) is 15.8. The van der Waals surface area contributed by atoms with Gasteiger partial charge in [0.15, 0.2) is 0 Å². The SMILES string of the molecule is C[C@H]1CC(=O)Nc2ccccc2N1C(=O)CN(C)C(=O)c1ccc(N(C)C)cc1. The minimum absolute atomic E-state index is 0.0822. The Balaban J connectivity index is 1.78. The van der Waals surface area contributed by atoms with Gasteiger partial charge in [-0.1, -0.05) is 12.1 Å². The Labute approximate surface area is 170 Å². The number of fused-ring (bicyclic) bond motifs is 1. The van der Waals surface area contributed by atoms with Crippen molar-refractivity contribution in [3.05, 3.63) is 54.1 Å². The highest BCUT2D eigenvalue weighted by atomic mass is 16.2. The molecule has 7 nitrogen and oxygen atoms in total. The first-order valence-electron chi connectivity index (χ1n) is 9.51. The lowest BCUT2D eigenvalue weighted by Crippen LogP contribution is -2.45. The van der Waals surface area contributed by atoms with Crippen LogP contribution in [0.2, 0.25) is 0 Å². The second-order valence-electron chi connectivity index (χ2n) is 7.48. The number of hydrogen-bond acceptors (Lipinski definition) is 4. The van der Waals surface area contributed by atoms with Gasteiger partial charge in [0.05, 0.1) is 11.4 Å². The van der Waals surface area contributed by atoms with Gasteiger partial charge in [-0.15, -0.1) is 0 Å². The van der Waals surface area contributed by atoms with E-state index in [1.807, 2.05) is 50.2 Å². The van der Waals surface area contributed by atoms with Gasteiger partial charge in [-0.05, 0) is 43.3 Å². The largest absolute Gasteiger partial charge is 0.378 e. The van der Waals surface area contributed by atoms with E-state index in [2.05, 4.69) is 5.32 Å². The Hall–Kier alpha value is -3.35. The smallest absolute Gasteiger partial charge is 0.254 e. The molecule has 1 aliphatic rings. The van der Waals surface area contributed by atoms with Crippen LogP contribution in [0.25, 0.3) is 0 Å². The first-order chi connectivity index (χ1) is 13.8. The van der Waals surface area contributed by atoms with Gasteiger partial charge in [-0.3, -0.25) is 14.4 Å². The van der Waals surface area contributed by atoms with Gasteiger partial charge in [0.1, 0.15) is 6.54 Å². The Bertz CT molecular complexity index is 924. The second kappa shape index (κ2) is 8.34. The standard InChI is InChI=1S/C22H26N4O3/c1-15-13-20(27)23-18-7-5-6-8-19(18)26(15)21(28)14-25(4)22(29)16-9-11-17(12-10-16)24(2)3/h5-12,15H,13-14H2,1-4H3,(H,23,27)/t15-/m0/s1. The Morgan fingerprint density at radius 2 is 1.72 bits per heavy atom. The first-order valence-corrected chi connectivity index (χ1v) is 9.51. The van der Waals surface area contributed by atoms with Crippen LogP contribution in [-0.4, -0.2) is 56.4 Å². The van der Waals surface area contributed by atoms with Crippen LogP contribution in [0.15, 0.2) is 48.5 Å². The molecule has 0 spiro atoms. The summed E-state index contributed by atoms with van der Waals surface area (Å²) >= 11 is 0. The summed E-state index contributed by atoms with van der Waals surface area (Å²) in [5.74, 6) is -0.596. The first kappa shape index (κ1) is 20.4. The number of hydrogen-bond donors (Lipinski definition) is 1. The number of para-hydroxylation sites is 2. The molecule has 0 saturated heterocycles. The number of carbonyl (C=O) groups is 3. The molecule has 2 aromatic carbocycles. The molecular formula is C22H26N4O3. The van der Waals surface area contributed by atoms with E-state index in [0.717, 1.165) is 5.69 Å². The van der Waals surface area contributed by atoms with E-state index >= 15 is 0 Å². The fraction of sp³-hybridized carbons (Fsp3) is 0.318. The zero-order chi connectivity index (χ0) is 21.1. The van der Waals surface area contributed by atoms with E-state index < -0.39 is 0 Å². The minimum atomic E-state index is -0.311. The molecule has 3 rings (SSSR count). The lowest BCUT2D eigenvalue weighted by atomic mass is 10.1. The quantitative estimate of drug-likeness (QED) is 0.865. The number of benzene rings is 2. The Morgan fingerprint density at radius 1 is 1.07 bits per heavy atom. The van der Waals surface area contributed by atoms with Gasteiger partial charge in [-0.25, -0.2) is 0 Å². The zero-order valence-electron chi connectivity index (χ0n) is 17.2. The fourth-order valence-corrected chi connectivity index (χ4v) is 3.44. The fourth-order valence-electron chi connectivity index (χ4n) is 3.44. The van der Waals surface area contributed by atoms with E-state index in [1.165, 1.54) is 4.90 Å². The molecule has 0 saturated carbocycles. The molecule has 0 bridgehead atoms. The summed E-state index contributed by atoms with van der Waals surface area (Å²) in [5, 5.41) is 2.84. The topological polar surface area (TPSA) is 73.0 Å². The maximum absolute atomic E-state index is 13.1. The number of nitrogens with one attached hydrogen (secondary N) is 1. The monoisotopic (exact) mass is 394 g/mol. The van der Waals surface area contributed by atoms with Crippen molar-refractivity contribution in [3.63, 3.8) is 0 Å². The van der Waals surface area contributed by atoms with Crippen molar-refractivity contribution in [1.29, 1.82) is 0 Å². The summed E-state index contributed by atoms with van der Waals surface area (Å²) in [7, 11) is 5.47. The molecular weight excluding hydrogens is 368 g/mol. The summed E-state index contributed by atoms with van der Waals surface area (Å²) < 4.78 is 0. The average Bonchev–Trinajstić information content (AvgIpc) is 2.81. The molecule has 0 unspecified atom stereocenters. The Morgan fingerprint density at radius 3 is 2.38 bits per heavy atom. The highest BCUT2D eigenvalue weighted by Gasteiger charge is 2.30. The molecule has 0 aliphatic carbocycles. The van der Waals surface area contributed by atoms with Crippen LogP contribution in [0, 0.1) is 0 Å². The third kappa shape index (κ3) is 4.39. The van der Waals surface area contributed by atoms with Crippen LogP contribution in [0.3, 0.4) is 0 Å². The summed E-state index contributed by atoms with van der Waals surface area (Å²) in [6.07, 6.45) is 0.198. The van der Waals surface area contributed by atoms with Crippen LogP contribution in [0.5, 0.6) is 0 Å². The number of carbonyl (C=O) groups excluding carboxylic acids is 3. The number of amides is 3. The third-order valence-corrected chi connectivity index (χ3v) is 4.98. The number of anilines is 3. The van der Waals surface area contributed by atoms with E-state index in [0.29, 0.717) is 16.9 Å². The van der Waals surface area contributed by atoms with Crippen LogP contribution < -0.4 is 15.1 Å². The van der Waals surface area contributed by atoms with Gasteiger partial charge in [-0.2, -0.15) is 0 Å². The van der Waals surface area contributed by atoms with Crippen LogP contribution >= 0.6 is 0 Å². The summed E-state index contributed by atoms with van der Waals surface area (Å²) in [5.41, 5.74) is 2.76. The number of nitrogens with zero attached hydrogens (tertiary/aromatic N) is 3. The van der Waals surface area contributed by atoms with Crippen molar-refractivity contribution in [2.75, 3.05) is 42.8 Å². The van der Waals surface area contributed by atoms with E-state index in [-0.39, 0.29) is 36.7 Å². The predicted octanol–water partition coefficient (Wildman–Crippen LogP) is 2.59. The van der Waals surface area contributed by atoms with Gasteiger partial charge in [0, 0.05) is 44.9 Å². The molecule has 7 heteroatoms. The molecule has 2 aromatic rings. The average molecular weight is 394 g/mol. The maximum Gasteiger partial charge on any atom is 0.254 e. The number of rotatable bonds is 4. The van der Waals surface area contributed by atoms with Crippen LogP contribution in [-0.2, 0) is 9.59 Å². The van der Waals surface area contributed by atoms with E-state index in [4.69, 9.17) is 0 Å². The van der Waals surface area contributed by atoms with Crippen molar-refractivity contribution < 1.29 is 14.4 Å². The van der Waals surface area contributed by atoms with E-state index in [9.17, 15) is 14.4 Å². The third-order valence-electron chi connectivity index (χ3n) is 4.98. The molecule has 1 heterocycles. The highest BCUT2D eigenvalue weighted by molar-refractivity contribution is 6.06. The van der Waals surface area contributed by atoms with Crippen molar-refractivity contribution in [2.24, 2.45) is 0 Å². The van der Waals surface area contributed by atoms with E-state index in [1.54, 1.807) is 36.2 Å². The van der Waals surface area contributed by atoms with Crippen molar-refractivity contribution in [1.82, 2.24) is 4.90 Å². The predicted molar refractivity (Wildman–Crippen MR) is 114 cm³/mol. The molecule has 0 aromatic heterocycles. The summed E-state index contributed by atoms with van der Waals surface area (Å²) in [6.45, 7) is 1.75. The molecule has 3 amide bonds. The zero-order valence-corrected chi connectivity index (χ0v) is 17.2. The summed E-state index contributed by atoms with van der Waals surface area (Å²) in [4.78, 5) is 42.9. The molecule has 1 N–H and O–H groups in total. The maximum atomic E-state index is 13.1. The van der Waals surface area contributed by atoms with Crippen LogP contribution in [0.4, 0.5) is 17.1 Å². The van der Waals surface area contributed by atoms with Gasteiger partial charge >= 0.3 is 0 Å². The molecule has 1 atom stereocenters. The molecule has 29 heavy (non-hydrogen) atoms. The van der Waals surface area contributed by atoms with Crippen molar-refractivity contribution >= 4 is 34.8 Å². The lowest BCUT2D eigenvalue weighted by Gasteiger charge is -2.29. The highest BCUT2D eigenvalue weighted by Crippen LogP contribution is 2.31. The molecule has 152 valence electrons. The molecule has 0 radical (unpaired) electrons.